The van der Waals surface area contributed by atoms with Crippen LogP contribution >= 0.6 is 15.9 Å². The van der Waals surface area contributed by atoms with E-state index in [1.54, 1.807) is 0 Å². The number of benzene rings is 2. The number of rotatable bonds is 1. The zero-order valence-electron chi connectivity index (χ0n) is 12.5. The van der Waals surface area contributed by atoms with Gasteiger partial charge in [-0.1, -0.05) is 46.3 Å². The molecule has 3 nitrogen and oxygen atoms in total. The average Bonchev–Trinajstić information content (AvgIpc) is 3.22. The first-order valence-electron chi connectivity index (χ1n) is 7.92. The topological polar surface area (TPSA) is 30.5 Å². The largest absolute Gasteiger partial charge is 0.454 e. The molecule has 2 aromatic rings. The summed E-state index contributed by atoms with van der Waals surface area (Å²) in [4.78, 5) is 0. The van der Waals surface area contributed by atoms with Crippen molar-refractivity contribution in [3.63, 3.8) is 0 Å². The summed E-state index contributed by atoms with van der Waals surface area (Å²) in [5, 5.41) is 3.75. The number of allylic oxidation sites excluding steroid dienone is 2. The molecule has 0 fully saturated rings. The van der Waals surface area contributed by atoms with Gasteiger partial charge in [-0.25, -0.2) is 0 Å². The minimum absolute atomic E-state index is 0.258. The third-order valence-electron chi connectivity index (χ3n) is 5.10. The second kappa shape index (κ2) is 5.03. The van der Waals surface area contributed by atoms with Gasteiger partial charge in [0.15, 0.2) is 11.5 Å². The first kappa shape index (κ1) is 13.5. The fourth-order valence-corrected chi connectivity index (χ4v) is 4.59. The molecule has 1 N–H and O–H groups in total. The normalized spacial score (nSPS) is 26.6. The molecule has 5 rings (SSSR count). The van der Waals surface area contributed by atoms with E-state index in [0.717, 1.165) is 22.4 Å². The minimum atomic E-state index is 0.258. The molecular formula is C19H16BrNO2. The van der Waals surface area contributed by atoms with Gasteiger partial charge < -0.3 is 14.8 Å². The molecule has 4 heteroatoms. The van der Waals surface area contributed by atoms with Gasteiger partial charge in [0.25, 0.3) is 0 Å². The zero-order valence-corrected chi connectivity index (χ0v) is 14.0. The van der Waals surface area contributed by atoms with Crippen molar-refractivity contribution in [1.29, 1.82) is 0 Å². The van der Waals surface area contributed by atoms with Crippen LogP contribution in [0, 0.1) is 5.92 Å². The van der Waals surface area contributed by atoms with Crippen molar-refractivity contribution < 1.29 is 9.47 Å². The predicted octanol–water partition coefficient (Wildman–Crippen LogP) is 5.00. The van der Waals surface area contributed by atoms with Crippen LogP contribution in [-0.2, 0) is 0 Å². The van der Waals surface area contributed by atoms with Crippen LogP contribution in [0.1, 0.15) is 29.5 Å². The highest BCUT2D eigenvalue weighted by atomic mass is 79.9. The van der Waals surface area contributed by atoms with E-state index >= 15 is 0 Å². The van der Waals surface area contributed by atoms with Gasteiger partial charge in [-0.2, -0.15) is 0 Å². The number of anilines is 1. The molecule has 0 saturated carbocycles. The van der Waals surface area contributed by atoms with Gasteiger partial charge in [-0.3, -0.25) is 0 Å². The summed E-state index contributed by atoms with van der Waals surface area (Å²) >= 11 is 3.73. The lowest BCUT2D eigenvalue weighted by Gasteiger charge is -2.38. The fourth-order valence-electron chi connectivity index (χ4n) is 4.02. The van der Waals surface area contributed by atoms with Gasteiger partial charge in [0.2, 0.25) is 6.79 Å². The molecule has 23 heavy (non-hydrogen) atoms. The molecule has 0 amide bonds. The van der Waals surface area contributed by atoms with Crippen LogP contribution in [0.4, 0.5) is 5.69 Å². The van der Waals surface area contributed by atoms with Crippen LogP contribution < -0.4 is 14.8 Å². The number of hydrogen-bond acceptors (Lipinski definition) is 3. The smallest absolute Gasteiger partial charge is 0.231 e. The van der Waals surface area contributed by atoms with Crippen LogP contribution in [0.5, 0.6) is 11.5 Å². The maximum absolute atomic E-state index is 5.58. The standard InChI is InChI=1S/C19H16BrNO2/c20-15-9-18-17(22-10-23-18)8-14(15)19-13-6-3-5-11(13)12-4-1-2-7-16(12)21-19/h1-5,7-9,11,13,19,21H,6,10H2/t11-,13-,19+/m1/s1. The van der Waals surface area contributed by atoms with E-state index in [2.05, 4.69) is 63.7 Å². The number of fused-ring (bicyclic) bond motifs is 4. The lowest BCUT2D eigenvalue weighted by atomic mass is 9.77. The quantitative estimate of drug-likeness (QED) is 0.717. The minimum Gasteiger partial charge on any atom is -0.454 e. The van der Waals surface area contributed by atoms with E-state index in [0.29, 0.717) is 18.6 Å². The van der Waals surface area contributed by atoms with E-state index in [4.69, 9.17) is 9.47 Å². The Morgan fingerprint density at radius 1 is 1.04 bits per heavy atom. The third kappa shape index (κ3) is 2.01. The van der Waals surface area contributed by atoms with Crippen molar-refractivity contribution >= 4 is 21.6 Å². The number of nitrogens with one attached hydrogen (secondary N) is 1. The fraction of sp³-hybridized carbons (Fsp3) is 0.263. The van der Waals surface area contributed by atoms with Gasteiger partial charge in [0.05, 0.1) is 6.04 Å². The molecule has 116 valence electrons. The molecule has 2 aromatic carbocycles. The van der Waals surface area contributed by atoms with Crippen LogP contribution in [-0.4, -0.2) is 6.79 Å². The molecule has 0 radical (unpaired) electrons. The molecule has 0 unspecified atom stereocenters. The molecule has 2 aliphatic heterocycles. The van der Waals surface area contributed by atoms with Crippen LogP contribution in [0.25, 0.3) is 0 Å². The van der Waals surface area contributed by atoms with Crippen molar-refractivity contribution in [3.8, 4) is 11.5 Å². The average molecular weight is 370 g/mol. The highest BCUT2D eigenvalue weighted by molar-refractivity contribution is 9.10. The third-order valence-corrected chi connectivity index (χ3v) is 5.79. The molecule has 2 heterocycles. The molecule has 0 saturated heterocycles. The Hall–Kier alpha value is -1.94. The predicted molar refractivity (Wildman–Crippen MR) is 93.1 cm³/mol. The molecule has 3 aliphatic rings. The van der Waals surface area contributed by atoms with Crippen LogP contribution in [0.2, 0.25) is 0 Å². The van der Waals surface area contributed by atoms with E-state index < -0.39 is 0 Å². The summed E-state index contributed by atoms with van der Waals surface area (Å²) in [5.41, 5.74) is 3.87. The van der Waals surface area contributed by atoms with Crippen molar-refractivity contribution in [2.45, 2.75) is 18.4 Å². The molecule has 1 aliphatic carbocycles. The number of hydrogen-bond donors (Lipinski definition) is 1. The van der Waals surface area contributed by atoms with Crippen molar-refractivity contribution in [2.75, 3.05) is 12.1 Å². The summed E-state index contributed by atoms with van der Waals surface area (Å²) < 4.78 is 12.1. The number of ether oxygens (including phenoxy) is 2. The van der Waals surface area contributed by atoms with Crippen LogP contribution in [0.3, 0.4) is 0 Å². The van der Waals surface area contributed by atoms with Crippen molar-refractivity contribution in [1.82, 2.24) is 0 Å². The lowest BCUT2D eigenvalue weighted by Crippen LogP contribution is -2.29. The maximum atomic E-state index is 5.58. The Balaban J connectivity index is 1.62. The first-order chi connectivity index (χ1) is 11.3. The zero-order chi connectivity index (χ0) is 15.4. The SMILES string of the molecule is Brc1cc2c(cc1[C@H]1Nc3ccccc3[C@H]3C=CC[C@H]31)OCO2. The Morgan fingerprint density at radius 2 is 1.87 bits per heavy atom. The molecule has 0 aromatic heterocycles. The number of para-hydroxylation sites is 1. The summed E-state index contributed by atoms with van der Waals surface area (Å²) in [7, 11) is 0. The summed E-state index contributed by atoms with van der Waals surface area (Å²) in [6.07, 6.45) is 5.77. The lowest BCUT2D eigenvalue weighted by molar-refractivity contribution is 0.174. The summed E-state index contributed by atoms with van der Waals surface area (Å²) in [5.74, 6) is 2.67. The Kier molecular flexibility index (Phi) is 2.95. The van der Waals surface area contributed by atoms with Crippen molar-refractivity contribution in [3.05, 3.63) is 64.1 Å². The molecule has 0 spiro atoms. The highest BCUT2D eigenvalue weighted by Gasteiger charge is 2.38. The molecule has 3 atom stereocenters. The van der Waals surface area contributed by atoms with Gasteiger partial charge in [0, 0.05) is 16.1 Å². The van der Waals surface area contributed by atoms with E-state index in [1.165, 1.54) is 16.8 Å². The van der Waals surface area contributed by atoms with Gasteiger partial charge in [0.1, 0.15) is 0 Å². The second-order valence-electron chi connectivity index (χ2n) is 6.29. The van der Waals surface area contributed by atoms with Crippen LogP contribution in [0.15, 0.2) is 53.0 Å². The van der Waals surface area contributed by atoms with E-state index in [9.17, 15) is 0 Å². The van der Waals surface area contributed by atoms with Gasteiger partial charge in [-0.05, 0) is 41.7 Å². The Morgan fingerprint density at radius 3 is 2.78 bits per heavy atom. The van der Waals surface area contributed by atoms with Crippen molar-refractivity contribution in [2.24, 2.45) is 5.92 Å². The second-order valence-corrected chi connectivity index (χ2v) is 7.14. The number of halogens is 1. The summed E-state index contributed by atoms with van der Waals surface area (Å²) in [6.45, 7) is 0.305. The molecular weight excluding hydrogens is 354 g/mol. The Labute approximate surface area is 143 Å². The Bertz CT molecular complexity index is 817. The van der Waals surface area contributed by atoms with Gasteiger partial charge >= 0.3 is 0 Å². The summed E-state index contributed by atoms with van der Waals surface area (Å²) in [6, 6.07) is 13.0. The maximum Gasteiger partial charge on any atom is 0.231 e. The molecule has 0 bridgehead atoms. The highest BCUT2D eigenvalue weighted by Crippen LogP contribution is 2.52. The van der Waals surface area contributed by atoms with E-state index in [-0.39, 0.29) is 6.04 Å². The monoisotopic (exact) mass is 369 g/mol. The van der Waals surface area contributed by atoms with Gasteiger partial charge in [-0.15, -0.1) is 0 Å². The van der Waals surface area contributed by atoms with E-state index in [1.807, 2.05) is 6.07 Å². The first-order valence-corrected chi connectivity index (χ1v) is 8.72.